The second-order valence-electron chi connectivity index (χ2n) is 4.39. The summed E-state index contributed by atoms with van der Waals surface area (Å²) >= 11 is 0. The van der Waals surface area contributed by atoms with Crippen molar-refractivity contribution in [3.8, 4) is 6.01 Å². The summed E-state index contributed by atoms with van der Waals surface area (Å²) in [7, 11) is 0. The van der Waals surface area contributed by atoms with Crippen molar-refractivity contribution in [2.24, 2.45) is 5.84 Å². The molecule has 2 rings (SSSR count). The predicted molar refractivity (Wildman–Crippen MR) is 70.9 cm³/mol. The Labute approximate surface area is 112 Å². The van der Waals surface area contributed by atoms with E-state index in [2.05, 4.69) is 32.6 Å². The fourth-order valence-electron chi connectivity index (χ4n) is 1.99. The van der Waals surface area contributed by atoms with Gasteiger partial charge in [0, 0.05) is 12.6 Å². The third-order valence-electron chi connectivity index (χ3n) is 2.84. The van der Waals surface area contributed by atoms with Crippen LogP contribution in [0.25, 0.3) is 0 Å². The summed E-state index contributed by atoms with van der Waals surface area (Å²) in [6.07, 6.45) is 2.08. The van der Waals surface area contributed by atoms with Crippen molar-refractivity contribution >= 4 is 11.9 Å². The first-order valence-electron chi connectivity index (χ1n) is 6.45. The normalized spacial score (nSPS) is 22.9. The highest BCUT2D eigenvalue weighted by Gasteiger charge is 2.20. The smallest absolute Gasteiger partial charge is 0.323 e. The van der Waals surface area contributed by atoms with Crippen molar-refractivity contribution in [3.05, 3.63) is 0 Å². The van der Waals surface area contributed by atoms with Crippen LogP contribution >= 0.6 is 0 Å². The van der Waals surface area contributed by atoms with Crippen LogP contribution in [0, 0.1) is 0 Å². The molecule has 2 heterocycles. The monoisotopic (exact) mass is 268 g/mol. The number of nitrogens with two attached hydrogens (primary N) is 1. The van der Waals surface area contributed by atoms with E-state index in [-0.39, 0.29) is 24.1 Å². The standard InChI is InChI=1S/C11H20N6O2/c1-3-18-11-15-9(14-10(16-11)17-12)13-8-4-5-19-7(2)6-8/h7-8H,3-6,12H2,1-2H3,(H2,13,14,15,16,17). The molecule has 19 heavy (non-hydrogen) atoms. The van der Waals surface area contributed by atoms with Gasteiger partial charge >= 0.3 is 6.01 Å². The lowest BCUT2D eigenvalue weighted by atomic mass is 10.0. The molecule has 1 aromatic rings. The highest BCUT2D eigenvalue weighted by atomic mass is 16.5. The molecule has 1 aromatic heterocycles. The maximum Gasteiger partial charge on any atom is 0.323 e. The molecule has 0 bridgehead atoms. The molecular formula is C11H20N6O2. The van der Waals surface area contributed by atoms with Gasteiger partial charge < -0.3 is 14.8 Å². The Morgan fingerprint density at radius 1 is 1.37 bits per heavy atom. The van der Waals surface area contributed by atoms with Gasteiger partial charge in [0.15, 0.2) is 0 Å². The van der Waals surface area contributed by atoms with Crippen molar-refractivity contribution in [2.45, 2.75) is 38.8 Å². The summed E-state index contributed by atoms with van der Waals surface area (Å²) in [6.45, 7) is 5.15. The lowest BCUT2D eigenvalue weighted by Gasteiger charge is -2.27. The van der Waals surface area contributed by atoms with Gasteiger partial charge in [-0.25, -0.2) is 5.84 Å². The quantitative estimate of drug-likeness (QED) is 0.524. The van der Waals surface area contributed by atoms with Gasteiger partial charge in [0.05, 0.1) is 12.7 Å². The van der Waals surface area contributed by atoms with Crippen LogP contribution in [0.4, 0.5) is 11.9 Å². The van der Waals surface area contributed by atoms with Crippen LogP contribution in [-0.2, 0) is 4.74 Å². The van der Waals surface area contributed by atoms with E-state index in [9.17, 15) is 0 Å². The van der Waals surface area contributed by atoms with Gasteiger partial charge in [0.1, 0.15) is 0 Å². The van der Waals surface area contributed by atoms with Gasteiger partial charge in [-0.15, -0.1) is 0 Å². The summed E-state index contributed by atoms with van der Waals surface area (Å²) in [5.41, 5.74) is 2.41. The van der Waals surface area contributed by atoms with Gasteiger partial charge in [-0.05, 0) is 26.7 Å². The minimum Gasteiger partial charge on any atom is -0.464 e. The molecule has 1 aliphatic heterocycles. The Bertz CT molecular complexity index is 416. The molecule has 0 aliphatic carbocycles. The fraction of sp³-hybridized carbons (Fsp3) is 0.727. The predicted octanol–water partition coefficient (Wildman–Crippen LogP) is 0.535. The van der Waals surface area contributed by atoms with Crippen molar-refractivity contribution < 1.29 is 9.47 Å². The number of ether oxygens (including phenoxy) is 2. The molecular weight excluding hydrogens is 248 g/mol. The molecule has 0 spiro atoms. The van der Waals surface area contributed by atoms with E-state index >= 15 is 0 Å². The third-order valence-corrected chi connectivity index (χ3v) is 2.84. The van der Waals surface area contributed by atoms with E-state index in [0.29, 0.717) is 12.6 Å². The van der Waals surface area contributed by atoms with E-state index in [1.54, 1.807) is 0 Å². The number of nitrogen functional groups attached to an aromatic ring is 1. The second-order valence-corrected chi connectivity index (χ2v) is 4.39. The Hall–Kier alpha value is -1.67. The van der Waals surface area contributed by atoms with Crippen LogP contribution in [0.15, 0.2) is 0 Å². The molecule has 1 saturated heterocycles. The van der Waals surface area contributed by atoms with Crippen LogP contribution in [-0.4, -0.2) is 40.3 Å². The molecule has 8 nitrogen and oxygen atoms in total. The summed E-state index contributed by atoms with van der Waals surface area (Å²) in [6, 6.07) is 0.541. The minimum atomic E-state index is 0.242. The van der Waals surface area contributed by atoms with E-state index in [0.717, 1.165) is 19.4 Å². The molecule has 1 fully saturated rings. The Morgan fingerprint density at radius 3 is 2.84 bits per heavy atom. The van der Waals surface area contributed by atoms with E-state index in [4.69, 9.17) is 15.3 Å². The highest BCUT2D eigenvalue weighted by Crippen LogP contribution is 2.18. The Balaban J connectivity index is 2.07. The number of hydrogen-bond acceptors (Lipinski definition) is 8. The number of rotatable bonds is 5. The topological polar surface area (TPSA) is 107 Å². The molecule has 0 saturated carbocycles. The first kappa shape index (κ1) is 13.8. The lowest BCUT2D eigenvalue weighted by molar-refractivity contribution is 0.0231. The second kappa shape index (κ2) is 6.48. The maximum atomic E-state index is 5.50. The van der Waals surface area contributed by atoms with Gasteiger partial charge in [0.25, 0.3) is 0 Å². The Kier molecular flexibility index (Phi) is 4.69. The number of hydrogen-bond donors (Lipinski definition) is 3. The molecule has 0 aromatic carbocycles. The number of aromatic nitrogens is 3. The number of hydrazine groups is 1. The first-order chi connectivity index (χ1) is 9.21. The molecule has 2 unspecified atom stereocenters. The molecule has 2 atom stereocenters. The zero-order valence-electron chi connectivity index (χ0n) is 11.2. The van der Waals surface area contributed by atoms with Crippen LogP contribution < -0.4 is 21.3 Å². The SMILES string of the molecule is CCOc1nc(NN)nc(NC2CCOC(C)C2)n1. The van der Waals surface area contributed by atoms with Gasteiger partial charge in [-0.2, -0.15) is 15.0 Å². The molecule has 8 heteroatoms. The summed E-state index contributed by atoms with van der Waals surface area (Å²) in [5, 5.41) is 3.27. The van der Waals surface area contributed by atoms with Gasteiger partial charge in [-0.3, -0.25) is 5.43 Å². The highest BCUT2D eigenvalue weighted by molar-refractivity contribution is 5.35. The summed E-state index contributed by atoms with van der Waals surface area (Å²) in [4.78, 5) is 12.4. The average Bonchev–Trinajstić information content (AvgIpc) is 2.39. The van der Waals surface area contributed by atoms with Gasteiger partial charge in [0.2, 0.25) is 11.9 Å². The number of nitrogens with zero attached hydrogens (tertiary/aromatic N) is 3. The van der Waals surface area contributed by atoms with E-state index in [1.807, 2.05) is 6.92 Å². The molecule has 0 radical (unpaired) electrons. The zero-order chi connectivity index (χ0) is 13.7. The molecule has 4 N–H and O–H groups in total. The average molecular weight is 268 g/mol. The molecule has 0 amide bonds. The summed E-state index contributed by atoms with van der Waals surface area (Å²) in [5.74, 6) is 6.08. The minimum absolute atomic E-state index is 0.242. The third kappa shape index (κ3) is 3.90. The zero-order valence-corrected chi connectivity index (χ0v) is 11.2. The maximum absolute atomic E-state index is 5.50. The van der Waals surface area contributed by atoms with Crippen LogP contribution in [0.3, 0.4) is 0 Å². The first-order valence-corrected chi connectivity index (χ1v) is 6.45. The molecule has 1 aliphatic rings. The van der Waals surface area contributed by atoms with Crippen molar-refractivity contribution in [2.75, 3.05) is 24.0 Å². The van der Waals surface area contributed by atoms with Crippen molar-refractivity contribution in [3.63, 3.8) is 0 Å². The van der Waals surface area contributed by atoms with Crippen LogP contribution in [0.1, 0.15) is 26.7 Å². The van der Waals surface area contributed by atoms with E-state index in [1.165, 1.54) is 0 Å². The van der Waals surface area contributed by atoms with Crippen LogP contribution in [0.5, 0.6) is 6.01 Å². The Morgan fingerprint density at radius 2 is 2.16 bits per heavy atom. The van der Waals surface area contributed by atoms with E-state index < -0.39 is 0 Å². The van der Waals surface area contributed by atoms with Gasteiger partial charge in [-0.1, -0.05) is 0 Å². The molecule has 106 valence electrons. The number of anilines is 2. The van der Waals surface area contributed by atoms with Crippen molar-refractivity contribution in [1.29, 1.82) is 0 Å². The van der Waals surface area contributed by atoms with Crippen molar-refractivity contribution in [1.82, 2.24) is 15.0 Å². The lowest BCUT2D eigenvalue weighted by Crippen LogP contribution is -2.33. The number of nitrogens with one attached hydrogen (secondary N) is 2. The summed E-state index contributed by atoms with van der Waals surface area (Å²) < 4.78 is 10.8. The largest absolute Gasteiger partial charge is 0.464 e. The van der Waals surface area contributed by atoms with Crippen LogP contribution in [0.2, 0.25) is 0 Å². The fourth-order valence-corrected chi connectivity index (χ4v) is 1.99.